The second-order valence-electron chi connectivity index (χ2n) is 6.01. The summed E-state index contributed by atoms with van der Waals surface area (Å²) in [5.74, 6) is 0.590. The minimum absolute atomic E-state index is 0.366. The van der Waals surface area contributed by atoms with Crippen molar-refractivity contribution in [3.63, 3.8) is 0 Å². The molecule has 0 spiro atoms. The predicted molar refractivity (Wildman–Crippen MR) is 85.6 cm³/mol. The maximum absolute atomic E-state index is 6.49. The van der Waals surface area contributed by atoms with Gasteiger partial charge in [-0.2, -0.15) is 0 Å². The highest BCUT2D eigenvalue weighted by Gasteiger charge is 2.41. The minimum Gasteiger partial charge on any atom is -0.319 e. The Labute approximate surface area is 131 Å². The monoisotopic (exact) mass is 312 g/mol. The molecule has 110 valence electrons. The molecule has 3 rings (SSSR count). The number of nitrogens with zero attached hydrogens (tertiary/aromatic N) is 1. The molecule has 2 atom stereocenters. The molecule has 0 bridgehead atoms. The van der Waals surface area contributed by atoms with Crippen LogP contribution >= 0.6 is 23.2 Å². The Bertz CT molecular complexity index is 451. The van der Waals surface area contributed by atoms with E-state index in [9.17, 15) is 0 Å². The van der Waals surface area contributed by atoms with E-state index >= 15 is 0 Å². The summed E-state index contributed by atoms with van der Waals surface area (Å²) in [6, 6.07) is 6.99. The van der Waals surface area contributed by atoms with Crippen LogP contribution in [0.2, 0.25) is 10.0 Å². The van der Waals surface area contributed by atoms with Crippen LogP contribution in [0.1, 0.15) is 37.3 Å². The maximum atomic E-state index is 6.49. The molecular weight excluding hydrogens is 291 g/mol. The zero-order valence-electron chi connectivity index (χ0n) is 11.9. The molecule has 0 aromatic heterocycles. The lowest BCUT2D eigenvalue weighted by Gasteiger charge is -2.42. The average molecular weight is 313 g/mol. The Kier molecular flexibility index (Phi) is 4.56. The van der Waals surface area contributed by atoms with Crippen LogP contribution in [-0.4, -0.2) is 31.1 Å². The van der Waals surface area contributed by atoms with Crippen molar-refractivity contribution in [2.45, 2.75) is 37.8 Å². The second kappa shape index (κ2) is 6.23. The molecule has 1 aromatic carbocycles. The first-order valence-electron chi connectivity index (χ1n) is 7.56. The van der Waals surface area contributed by atoms with Gasteiger partial charge in [-0.15, -0.1) is 0 Å². The number of piperidine rings is 1. The molecule has 0 radical (unpaired) electrons. The summed E-state index contributed by atoms with van der Waals surface area (Å²) in [6.07, 6.45) is 5.17. The van der Waals surface area contributed by atoms with Crippen molar-refractivity contribution in [3.8, 4) is 0 Å². The van der Waals surface area contributed by atoms with Crippen molar-refractivity contribution in [1.29, 1.82) is 0 Å². The lowest BCUT2D eigenvalue weighted by atomic mass is 9.84. The van der Waals surface area contributed by atoms with Crippen LogP contribution in [0.5, 0.6) is 0 Å². The van der Waals surface area contributed by atoms with Crippen molar-refractivity contribution in [2.24, 2.45) is 5.92 Å². The van der Waals surface area contributed by atoms with Crippen LogP contribution in [0.3, 0.4) is 0 Å². The molecule has 4 heteroatoms. The van der Waals surface area contributed by atoms with E-state index in [1.54, 1.807) is 0 Å². The zero-order valence-corrected chi connectivity index (χ0v) is 13.4. The van der Waals surface area contributed by atoms with Gasteiger partial charge in [0.25, 0.3) is 0 Å². The fraction of sp³-hybridized carbons (Fsp3) is 0.625. The second-order valence-corrected chi connectivity index (χ2v) is 6.82. The van der Waals surface area contributed by atoms with Crippen LogP contribution in [-0.2, 0) is 0 Å². The molecule has 2 fully saturated rings. The summed E-state index contributed by atoms with van der Waals surface area (Å²) in [5.41, 5.74) is 1.14. The number of benzene rings is 1. The van der Waals surface area contributed by atoms with Gasteiger partial charge in [-0.1, -0.05) is 29.3 Å². The van der Waals surface area contributed by atoms with Crippen LogP contribution in [0.15, 0.2) is 18.2 Å². The highest BCUT2D eigenvalue weighted by atomic mass is 35.5. The van der Waals surface area contributed by atoms with E-state index in [2.05, 4.69) is 10.2 Å². The molecule has 2 aliphatic rings. The first-order valence-corrected chi connectivity index (χ1v) is 8.32. The number of hydrogen-bond acceptors (Lipinski definition) is 2. The van der Waals surface area contributed by atoms with E-state index in [-0.39, 0.29) is 0 Å². The third kappa shape index (κ3) is 2.85. The third-order valence-corrected chi connectivity index (χ3v) is 5.23. The van der Waals surface area contributed by atoms with Gasteiger partial charge in [0.15, 0.2) is 0 Å². The standard InChI is InChI=1S/C16H22Cl2N2/c1-19-10-11-4-3-9-20(12-7-8-12)16(11)15-13(17)5-2-6-14(15)18/h2,5-6,11-12,16,19H,3-4,7-10H2,1H3. The van der Waals surface area contributed by atoms with Gasteiger partial charge in [-0.3, -0.25) is 4.90 Å². The van der Waals surface area contributed by atoms with Gasteiger partial charge < -0.3 is 5.32 Å². The molecule has 1 aromatic rings. The van der Waals surface area contributed by atoms with Crippen LogP contribution < -0.4 is 5.32 Å². The Morgan fingerprint density at radius 2 is 1.90 bits per heavy atom. The Morgan fingerprint density at radius 3 is 2.50 bits per heavy atom. The van der Waals surface area contributed by atoms with Gasteiger partial charge in [0.1, 0.15) is 0 Å². The molecule has 1 heterocycles. The van der Waals surface area contributed by atoms with Gasteiger partial charge in [0.05, 0.1) is 0 Å². The van der Waals surface area contributed by atoms with Crippen LogP contribution in [0.4, 0.5) is 0 Å². The fourth-order valence-electron chi connectivity index (χ4n) is 3.59. The van der Waals surface area contributed by atoms with Gasteiger partial charge in [-0.05, 0) is 63.9 Å². The third-order valence-electron chi connectivity index (χ3n) is 4.57. The quantitative estimate of drug-likeness (QED) is 0.899. The van der Waals surface area contributed by atoms with E-state index < -0.39 is 0 Å². The minimum atomic E-state index is 0.366. The first kappa shape index (κ1) is 14.6. The van der Waals surface area contributed by atoms with E-state index in [0.717, 1.165) is 28.2 Å². The van der Waals surface area contributed by atoms with E-state index in [0.29, 0.717) is 12.0 Å². The van der Waals surface area contributed by atoms with Crippen LogP contribution in [0.25, 0.3) is 0 Å². The normalized spacial score (nSPS) is 27.8. The Balaban J connectivity index is 1.98. The van der Waals surface area contributed by atoms with E-state index in [1.165, 1.54) is 32.2 Å². The summed E-state index contributed by atoms with van der Waals surface area (Å²) in [6.45, 7) is 2.20. The van der Waals surface area contributed by atoms with E-state index in [4.69, 9.17) is 23.2 Å². The Morgan fingerprint density at radius 1 is 1.20 bits per heavy atom. The molecule has 1 aliphatic carbocycles. The largest absolute Gasteiger partial charge is 0.319 e. The molecule has 1 aliphatic heterocycles. The van der Waals surface area contributed by atoms with Gasteiger partial charge in [0.2, 0.25) is 0 Å². The summed E-state index contributed by atoms with van der Waals surface area (Å²) in [7, 11) is 2.03. The summed E-state index contributed by atoms with van der Waals surface area (Å²) in [4.78, 5) is 2.65. The van der Waals surface area contributed by atoms with E-state index in [1.807, 2.05) is 25.2 Å². The number of likely N-dealkylation sites (tertiary alicyclic amines) is 1. The fourth-order valence-corrected chi connectivity index (χ4v) is 4.21. The van der Waals surface area contributed by atoms with Gasteiger partial charge in [0, 0.05) is 27.7 Å². The molecule has 0 amide bonds. The molecular formula is C16H22Cl2N2. The predicted octanol–water partition coefficient (Wildman–Crippen LogP) is 4.13. The number of halogens is 2. The van der Waals surface area contributed by atoms with Crippen molar-refractivity contribution in [2.75, 3.05) is 20.1 Å². The lowest BCUT2D eigenvalue weighted by Crippen LogP contribution is -2.43. The molecule has 1 saturated heterocycles. The molecule has 2 nitrogen and oxygen atoms in total. The number of rotatable bonds is 4. The lowest BCUT2D eigenvalue weighted by molar-refractivity contribution is 0.0846. The number of nitrogens with one attached hydrogen (secondary N) is 1. The summed E-state index contributed by atoms with van der Waals surface area (Å²) < 4.78 is 0. The van der Waals surface area contributed by atoms with Gasteiger partial charge in [-0.25, -0.2) is 0 Å². The molecule has 1 saturated carbocycles. The Hall–Kier alpha value is -0.280. The smallest absolute Gasteiger partial charge is 0.0468 e. The van der Waals surface area contributed by atoms with Crippen molar-refractivity contribution in [1.82, 2.24) is 10.2 Å². The summed E-state index contributed by atoms with van der Waals surface area (Å²) >= 11 is 13.0. The first-order chi connectivity index (χ1) is 9.72. The maximum Gasteiger partial charge on any atom is 0.0468 e. The van der Waals surface area contributed by atoms with Crippen molar-refractivity contribution in [3.05, 3.63) is 33.8 Å². The SMILES string of the molecule is CNCC1CCCN(C2CC2)C1c1c(Cl)cccc1Cl. The van der Waals surface area contributed by atoms with Crippen molar-refractivity contribution >= 4 is 23.2 Å². The van der Waals surface area contributed by atoms with Gasteiger partial charge >= 0.3 is 0 Å². The average Bonchev–Trinajstić information content (AvgIpc) is 3.24. The highest BCUT2D eigenvalue weighted by molar-refractivity contribution is 6.36. The molecule has 1 N–H and O–H groups in total. The topological polar surface area (TPSA) is 15.3 Å². The highest BCUT2D eigenvalue weighted by Crippen LogP contribution is 2.46. The molecule has 20 heavy (non-hydrogen) atoms. The van der Waals surface area contributed by atoms with Crippen LogP contribution in [0, 0.1) is 5.92 Å². The molecule has 2 unspecified atom stereocenters. The zero-order chi connectivity index (χ0) is 14.1. The number of hydrogen-bond donors (Lipinski definition) is 1. The van der Waals surface area contributed by atoms with Crippen molar-refractivity contribution < 1.29 is 0 Å². The summed E-state index contributed by atoms with van der Waals surface area (Å²) in [5, 5.41) is 4.97.